The second-order valence-electron chi connectivity index (χ2n) is 7.42. The van der Waals surface area contributed by atoms with Crippen molar-refractivity contribution in [1.29, 1.82) is 0 Å². The Kier molecular flexibility index (Phi) is 4.99. The first-order chi connectivity index (χ1) is 13.1. The topological polar surface area (TPSA) is 80.0 Å². The molecule has 2 aromatic rings. The fourth-order valence-electron chi connectivity index (χ4n) is 4.46. The third kappa shape index (κ3) is 3.76. The minimum Gasteiger partial charge on any atom is -0.480 e. The average Bonchev–Trinajstić information content (AvgIpc) is 3.35. The van der Waals surface area contributed by atoms with E-state index in [0.29, 0.717) is 18.4 Å². The van der Waals surface area contributed by atoms with Gasteiger partial charge in [0.25, 0.3) is 5.91 Å². The Bertz CT molecular complexity index is 788. The molecule has 4 atom stereocenters. The predicted molar refractivity (Wildman–Crippen MR) is 97.1 cm³/mol. The third-order valence-corrected chi connectivity index (χ3v) is 5.76. The van der Waals surface area contributed by atoms with E-state index in [1.165, 1.54) is 16.7 Å². The Balaban J connectivity index is 1.48. The first kappa shape index (κ1) is 17.8. The van der Waals surface area contributed by atoms with E-state index in [-0.39, 0.29) is 30.4 Å². The molecule has 1 saturated carbocycles. The summed E-state index contributed by atoms with van der Waals surface area (Å²) in [5, 5.41) is 9.29. The molecular weight excluding hydrogens is 346 g/mol. The van der Waals surface area contributed by atoms with Crippen molar-refractivity contribution in [3.63, 3.8) is 0 Å². The predicted octanol–water partition coefficient (Wildman–Crippen LogP) is 3.36. The summed E-state index contributed by atoms with van der Waals surface area (Å²) in [6, 6.07) is 13.3. The number of furan rings is 1. The van der Waals surface area contributed by atoms with Gasteiger partial charge in [0.1, 0.15) is 6.54 Å². The number of aliphatic carboxylic acids is 1. The molecule has 1 saturated heterocycles. The van der Waals surface area contributed by atoms with Crippen LogP contribution in [0.1, 0.15) is 41.5 Å². The quantitative estimate of drug-likeness (QED) is 0.874. The molecule has 2 fully saturated rings. The summed E-state index contributed by atoms with van der Waals surface area (Å²) in [6.07, 6.45) is 3.98. The Morgan fingerprint density at radius 1 is 1.04 bits per heavy atom. The van der Waals surface area contributed by atoms with Crippen molar-refractivity contribution in [3.8, 4) is 0 Å². The van der Waals surface area contributed by atoms with Crippen molar-refractivity contribution in [2.24, 2.45) is 11.8 Å². The van der Waals surface area contributed by atoms with E-state index in [2.05, 4.69) is 12.1 Å². The number of amides is 1. The largest absolute Gasteiger partial charge is 0.480 e. The lowest BCUT2D eigenvalue weighted by Gasteiger charge is -2.32. The number of ether oxygens (including phenoxy) is 1. The number of carbonyl (C=O) groups excluding carboxylic acids is 1. The van der Waals surface area contributed by atoms with Crippen molar-refractivity contribution < 1.29 is 23.8 Å². The van der Waals surface area contributed by atoms with Crippen LogP contribution in [0, 0.1) is 11.8 Å². The van der Waals surface area contributed by atoms with Gasteiger partial charge in [-0.25, -0.2) is 0 Å². The Morgan fingerprint density at radius 2 is 1.81 bits per heavy atom. The molecule has 1 aliphatic carbocycles. The number of fused-ring (bicyclic) bond motifs is 1. The average molecular weight is 369 g/mol. The van der Waals surface area contributed by atoms with Crippen LogP contribution < -0.4 is 0 Å². The number of benzene rings is 1. The SMILES string of the molecule is O=C(O)CN(C(=O)c1ccco1)[C@@H]1C[C@@H]2CO[C@H](c3ccccc3)C[C@@H]2C1. The Morgan fingerprint density at radius 3 is 2.52 bits per heavy atom. The van der Waals surface area contributed by atoms with Crippen LogP contribution >= 0.6 is 0 Å². The summed E-state index contributed by atoms with van der Waals surface area (Å²) < 4.78 is 11.3. The van der Waals surface area contributed by atoms with Crippen LogP contribution in [0.2, 0.25) is 0 Å². The summed E-state index contributed by atoms with van der Waals surface area (Å²) >= 11 is 0. The molecule has 4 rings (SSSR count). The lowest BCUT2D eigenvalue weighted by Crippen LogP contribution is -2.42. The zero-order valence-corrected chi connectivity index (χ0v) is 15.0. The number of rotatable bonds is 5. The van der Waals surface area contributed by atoms with Crippen LogP contribution in [0.3, 0.4) is 0 Å². The molecule has 1 aromatic carbocycles. The van der Waals surface area contributed by atoms with E-state index >= 15 is 0 Å². The van der Waals surface area contributed by atoms with Crippen LogP contribution in [-0.4, -0.2) is 41.1 Å². The smallest absolute Gasteiger partial charge is 0.323 e. The van der Waals surface area contributed by atoms with Gasteiger partial charge in [-0.05, 0) is 48.8 Å². The number of hydrogen-bond acceptors (Lipinski definition) is 4. The van der Waals surface area contributed by atoms with E-state index in [0.717, 1.165) is 19.3 Å². The number of carboxylic acid groups (broad SMARTS) is 1. The highest BCUT2D eigenvalue weighted by atomic mass is 16.5. The number of carboxylic acids is 1. The molecule has 0 bridgehead atoms. The number of nitrogens with zero attached hydrogens (tertiary/aromatic N) is 1. The van der Waals surface area contributed by atoms with E-state index < -0.39 is 5.97 Å². The van der Waals surface area contributed by atoms with Gasteiger partial charge in [-0.15, -0.1) is 0 Å². The highest BCUT2D eigenvalue weighted by molar-refractivity contribution is 5.93. The van der Waals surface area contributed by atoms with Gasteiger partial charge in [0.05, 0.1) is 19.0 Å². The molecule has 2 heterocycles. The van der Waals surface area contributed by atoms with E-state index in [1.54, 1.807) is 12.1 Å². The van der Waals surface area contributed by atoms with Crippen molar-refractivity contribution in [2.45, 2.75) is 31.4 Å². The summed E-state index contributed by atoms with van der Waals surface area (Å²) in [4.78, 5) is 25.6. The molecular formula is C21H23NO5. The number of carbonyl (C=O) groups is 2. The molecule has 1 aliphatic heterocycles. The molecule has 6 nitrogen and oxygen atoms in total. The second-order valence-corrected chi connectivity index (χ2v) is 7.42. The summed E-state index contributed by atoms with van der Waals surface area (Å²) in [6.45, 7) is 0.337. The fraction of sp³-hybridized carbons (Fsp3) is 0.429. The van der Waals surface area contributed by atoms with Crippen molar-refractivity contribution in [2.75, 3.05) is 13.2 Å². The van der Waals surface area contributed by atoms with E-state index in [1.807, 2.05) is 18.2 Å². The molecule has 1 aromatic heterocycles. The normalized spacial score (nSPS) is 27.1. The minimum atomic E-state index is -1.01. The maximum absolute atomic E-state index is 12.8. The van der Waals surface area contributed by atoms with E-state index in [9.17, 15) is 14.7 Å². The molecule has 6 heteroatoms. The lowest BCUT2D eigenvalue weighted by molar-refractivity contribution is -0.138. The van der Waals surface area contributed by atoms with Gasteiger partial charge in [0.15, 0.2) is 5.76 Å². The second kappa shape index (κ2) is 7.56. The molecule has 1 amide bonds. The molecule has 27 heavy (non-hydrogen) atoms. The highest BCUT2D eigenvalue weighted by Crippen LogP contribution is 2.45. The van der Waals surface area contributed by atoms with Crippen LogP contribution in [0.15, 0.2) is 53.1 Å². The van der Waals surface area contributed by atoms with Gasteiger partial charge in [0.2, 0.25) is 0 Å². The van der Waals surface area contributed by atoms with Crippen LogP contribution in [-0.2, 0) is 9.53 Å². The molecule has 0 radical (unpaired) electrons. The zero-order chi connectivity index (χ0) is 18.8. The van der Waals surface area contributed by atoms with Gasteiger partial charge in [-0.3, -0.25) is 9.59 Å². The lowest BCUT2D eigenvalue weighted by atomic mass is 9.86. The first-order valence-electron chi connectivity index (χ1n) is 9.34. The summed E-state index contributed by atoms with van der Waals surface area (Å²) in [5.41, 5.74) is 1.17. The standard InChI is InChI=1S/C21H23NO5/c23-20(24)12-22(21(25)18-7-4-8-26-18)17-9-15-11-19(27-13-16(15)10-17)14-5-2-1-3-6-14/h1-8,15-17,19H,9-13H2,(H,23,24)/t15-,16+,17-,19-/m0/s1. The van der Waals surface area contributed by atoms with E-state index in [4.69, 9.17) is 9.15 Å². The van der Waals surface area contributed by atoms with Gasteiger partial charge >= 0.3 is 5.97 Å². The van der Waals surface area contributed by atoms with Crippen molar-refractivity contribution >= 4 is 11.9 Å². The van der Waals surface area contributed by atoms with Crippen LogP contribution in [0.25, 0.3) is 0 Å². The zero-order valence-electron chi connectivity index (χ0n) is 15.0. The third-order valence-electron chi connectivity index (χ3n) is 5.76. The molecule has 0 spiro atoms. The highest BCUT2D eigenvalue weighted by Gasteiger charge is 2.43. The summed E-state index contributed by atoms with van der Waals surface area (Å²) in [7, 11) is 0. The maximum atomic E-state index is 12.8. The molecule has 2 aliphatic rings. The van der Waals surface area contributed by atoms with Crippen molar-refractivity contribution in [1.82, 2.24) is 4.90 Å². The Hall–Kier alpha value is -2.60. The van der Waals surface area contributed by atoms with Gasteiger partial charge in [0, 0.05) is 6.04 Å². The molecule has 1 N–H and O–H groups in total. The first-order valence-corrected chi connectivity index (χ1v) is 9.34. The van der Waals surface area contributed by atoms with Crippen LogP contribution in [0.4, 0.5) is 0 Å². The van der Waals surface area contributed by atoms with Gasteiger partial charge < -0.3 is 19.2 Å². The Labute approximate surface area is 157 Å². The fourth-order valence-corrected chi connectivity index (χ4v) is 4.46. The molecule has 142 valence electrons. The van der Waals surface area contributed by atoms with Gasteiger partial charge in [-0.1, -0.05) is 30.3 Å². The summed E-state index contributed by atoms with van der Waals surface area (Å²) in [5.74, 6) is -0.399. The minimum absolute atomic E-state index is 0.0694. The molecule has 0 unspecified atom stereocenters. The van der Waals surface area contributed by atoms with Crippen LogP contribution in [0.5, 0.6) is 0 Å². The van der Waals surface area contributed by atoms with Gasteiger partial charge in [-0.2, -0.15) is 0 Å². The maximum Gasteiger partial charge on any atom is 0.323 e. The monoisotopic (exact) mass is 369 g/mol. The number of hydrogen-bond donors (Lipinski definition) is 1. The van der Waals surface area contributed by atoms with Crippen molar-refractivity contribution in [3.05, 3.63) is 60.1 Å².